The topological polar surface area (TPSA) is 83.4 Å². The highest BCUT2D eigenvalue weighted by atomic mass is 32.2. The predicted octanol–water partition coefficient (Wildman–Crippen LogP) is 4.67. The minimum atomic E-state index is -0.460. The monoisotopic (exact) mass is 411 g/mol. The first-order valence-corrected chi connectivity index (χ1v) is 9.78. The van der Waals surface area contributed by atoms with E-state index in [0.717, 1.165) is 0 Å². The van der Waals surface area contributed by atoms with Crippen LogP contribution < -0.4 is 9.47 Å². The van der Waals surface area contributed by atoms with E-state index >= 15 is 0 Å². The van der Waals surface area contributed by atoms with Crippen molar-refractivity contribution in [3.63, 3.8) is 0 Å². The number of hydrogen-bond donors (Lipinski definition) is 0. The molecule has 0 saturated carbocycles. The zero-order valence-electron chi connectivity index (χ0n) is 14.9. The Morgan fingerprint density at radius 1 is 1.07 bits per heavy atom. The third-order valence-corrected chi connectivity index (χ3v) is 5.03. The van der Waals surface area contributed by atoms with E-state index in [1.165, 1.54) is 30.2 Å². The lowest BCUT2D eigenvalue weighted by Crippen LogP contribution is -2.21. The van der Waals surface area contributed by atoms with Crippen molar-refractivity contribution in [2.45, 2.75) is 17.1 Å². The molecule has 146 valence electrons. The summed E-state index contributed by atoms with van der Waals surface area (Å²) >= 11 is 1.32. The summed E-state index contributed by atoms with van der Waals surface area (Å²) in [6.07, 6.45) is 1.07. The second kappa shape index (κ2) is 7.59. The van der Waals surface area contributed by atoms with E-state index in [0.29, 0.717) is 52.1 Å². The summed E-state index contributed by atoms with van der Waals surface area (Å²) in [5.74, 6) is 2.17. The number of fused-ring (bicyclic) bond motifs is 1. The average Bonchev–Trinajstić information content (AvgIpc) is 3.42. The zero-order valence-corrected chi connectivity index (χ0v) is 15.8. The van der Waals surface area contributed by atoms with Gasteiger partial charge in [-0.25, -0.2) is 9.37 Å². The first kappa shape index (κ1) is 17.7. The van der Waals surface area contributed by atoms with Crippen LogP contribution in [0.5, 0.6) is 11.5 Å². The maximum Gasteiger partial charge on any atom is 0.277 e. The second-order valence-corrected chi connectivity index (χ2v) is 7.14. The highest BCUT2D eigenvalue weighted by Crippen LogP contribution is 2.36. The van der Waals surface area contributed by atoms with Crippen molar-refractivity contribution in [3.8, 4) is 23.0 Å². The van der Waals surface area contributed by atoms with Gasteiger partial charge in [-0.05, 0) is 30.3 Å². The maximum absolute atomic E-state index is 13.3. The average molecular weight is 411 g/mol. The van der Waals surface area contributed by atoms with Crippen molar-refractivity contribution >= 4 is 11.8 Å². The van der Waals surface area contributed by atoms with Gasteiger partial charge in [-0.3, -0.25) is 0 Å². The minimum absolute atomic E-state index is 0.295. The van der Waals surface area contributed by atoms with Crippen molar-refractivity contribution in [1.29, 1.82) is 0 Å². The largest absolute Gasteiger partial charge is 0.485 e. The lowest BCUT2D eigenvalue weighted by Gasteiger charge is -2.23. The summed E-state index contributed by atoms with van der Waals surface area (Å²) in [7, 11) is 0. The van der Waals surface area contributed by atoms with Crippen LogP contribution in [0, 0.1) is 5.82 Å². The molecule has 2 aromatic heterocycles. The van der Waals surface area contributed by atoms with Crippen molar-refractivity contribution in [2.75, 3.05) is 6.61 Å². The molecule has 0 amide bonds. The molecule has 9 heteroatoms. The number of aromatic nitrogens is 3. The molecule has 7 nitrogen and oxygen atoms in total. The van der Waals surface area contributed by atoms with Crippen molar-refractivity contribution in [2.24, 2.45) is 0 Å². The maximum atomic E-state index is 13.3. The Bertz CT molecular complexity index is 1150. The number of para-hydroxylation sites is 2. The standard InChI is InChI=1S/C20H14FN3O4S/c21-13-5-3-4-12(8-13)18-22-14(9-26-18)11-29-20-24-23-19(28-20)17-10-25-15-6-1-2-7-16(15)27-17/h1-9,17H,10-11H2/t17-/m0/s1. The lowest BCUT2D eigenvalue weighted by molar-refractivity contribution is 0.0686. The number of thioether (sulfide) groups is 1. The highest BCUT2D eigenvalue weighted by molar-refractivity contribution is 7.98. The molecule has 2 aromatic carbocycles. The second-order valence-electron chi connectivity index (χ2n) is 6.21. The fraction of sp³-hybridized carbons (Fsp3) is 0.150. The van der Waals surface area contributed by atoms with Gasteiger partial charge in [-0.15, -0.1) is 10.2 Å². The molecule has 0 unspecified atom stereocenters. The summed E-state index contributed by atoms with van der Waals surface area (Å²) in [6, 6.07) is 13.5. The normalized spacial score (nSPS) is 15.4. The van der Waals surface area contributed by atoms with Gasteiger partial charge >= 0.3 is 0 Å². The Morgan fingerprint density at radius 3 is 2.86 bits per heavy atom. The lowest BCUT2D eigenvalue weighted by atomic mass is 10.2. The number of halogens is 1. The Kier molecular flexibility index (Phi) is 4.65. The van der Waals surface area contributed by atoms with Gasteiger partial charge in [-0.1, -0.05) is 30.0 Å². The third kappa shape index (κ3) is 3.81. The van der Waals surface area contributed by atoms with E-state index in [1.807, 2.05) is 24.3 Å². The Balaban J connectivity index is 1.23. The van der Waals surface area contributed by atoms with Gasteiger partial charge in [0, 0.05) is 11.3 Å². The minimum Gasteiger partial charge on any atom is -0.485 e. The smallest absolute Gasteiger partial charge is 0.277 e. The number of hydrogen-bond acceptors (Lipinski definition) is 8. The molecule has 1 atom stereocenters. The molecule has 0 bridgehead atoms. The van der Waals surface area contributed by atoms with Crippen LogP contribution in [-0.2, 0) is 5.75 Å². The number of benzene rings is 2. The van der Waals surface area contributed by atoms with Gasteiger partial charge in [0.25, 0.3) is 11.1 Å². The van der Waals surface area contributed by atoms with Crippen LogP contribution in [0.25, 0.3) is 11.5 Å². The van der Waals surface area contributed by atoms with E-state index < -0.39 is 6.10 Å². The summed E-state index contributed by atoms with van der Waals surface area (Å²) < 4.78 is 36.0. The fourth-order valence-corrected chi connectivity index (χ4v) is 3.46. The molecular formula is C20H14FN3O4S. The van der Waals surface area contributed by atoms with Crippen molar-refractivity contribution in [3.05, 3.63) is 72.2 Å². The van der Waals surface area contributed by atoms with Gasteiger partial charge in [0.1, 0.15) is 18.7 Å². The van der Waals surface area contributed by atoms with Crippen LogP contribution in [0.15, 0.2) is 68.9 Å². The summed E-state index contributed by atoms with van der Waals surface area (Å²) in [6.45, 7) is 0.295. The summed E-state index contributed by atoms with van der Waals surface area (Å²) in [5, 5.41) is 8.49. The van der Waals surface area contributed by atoms with Crippen LogP contribution in [0.1, 0.15) is 17.7 Å². The molecule has 0 radical (unpaired) electrons. The molecule has 5 rings (SSSR count). The van der Waals surface area contributed by atoms with Gasteiger partial charge in [0.15, 0.2) is 11.5 Å². The van der Waals surface area contributed by atoms with Gasteiger partial charge in [-0.2, -0.15) is 0 Å². The zero-order chi connectivity index (χ0) is 19.6. The number of ether oxygens (including phenoxy) is 2. The molecule has 3 heterocycles. The van der Waals surface area contributed by atoms with Gasteiger partial charge in [0.05, 0.1) is 5.69 Å². The SMILES string of the molecule is Fc1cccc(-c2nc(CSc3nnc([C@@H]4COc5ccccc5O4)o3)co2)c1. The Labute approximate surface area is 168 Å². The molecular weight excluding hydrogens is 397 g/mol. The third-order valence-electron chi connectivity index (χ3n) is 4.17. The molecule has 0 fully saturated rings. The predicted molar refractivity (Wildman–Crippen MR) is 101 cm³/mol. The first-order chi connectivity index (χ1) is 14.2. The molecule has 0 aliphatic carbocycles. The molecule has 1 aliphatic rings. The van der Waals surface area contributed by atoms with Crippen molar-refractivity contribution in [1.82, 2.24) is 15.2 Å². The van der Waals surface area contributed by atoms with Crippen LogP contribution >= 0.6 is 11.8 Å². The summed E-state index contributed by atoms with van der Waals surface area (Å²) in [4.78, 5) is 4.37. The van der Waals surface area contributed by atoms with Crippen LogP contribution in [0.4, 0.5) is 4.39 Å². The molecule has 0 saturated heterocycles. The molecule has 1 aliphatic heterocycles. The van der Waals surface area contributed by atoms with E-state index in [9.17, 15) is 4.39 Å². The van der Waals surface area contributed by atoms with Crippen LogP contribution in [-0.4, -0.2) is 21.8 Å². The molecule has 0 N–H and O–H groups in total. The molecule has 29 heavy (non-hydrogen) atoms. The first-order valence-electron chi connectivity index (χ1n) is 8.79. The number of oxazole rings is 1. The van der Waals surface area contributed by atoms with E-state index in [-0.39, 0.29) is 5.82 Å². The van der Waals surface area contributed by atoms with Crippen molar-refractivity contribution < 1.29 is 22.7 Å². The van der Waals surface area contributed by atoms with Gasteiger partial charge in [0.2, 0.25) is 12.0 Å². The molecule has 4 aromatic rings. The van der Waals surface area contributed by atoms with Gasteiger partial charge < -0.3 is 18.3 Å². The Morgan fingerprint density at radius 2 is 1.97 bits per heavy atom. The molecule has 0 spiro atoms. The number of rotatable bonds is 5. The quantitative estimate of drug-likeness (QED) is 0.438. The van der Waals surface area contributed by atoms with E-state index in [2.05, 4.69) is 15.2 Å². The number of nitrogens with zero attached hydrogens (tertiary/aromatic N) is 3. The highest BCUT2D eigenvalue weighted by Gasteiger charge is 2.27. The Hall–Kier alpha value is -3.33. The summed E-state index contributed by atoms with van der Waals surface area (Å²) in [5.41, 5.74) is 1.26. The van der Waals surface area contributed by atoms with E-state index in [4.69, 9.17) is 18.3 Å². The van der Waals surface area contributed by atoms with E-state index in [1.54, 1.807) is 12.1 Å². The van der Waals surface area contributed by atoms with Crippen LogP contribution in [0.3, 0.4) is 0 Å². The fourth-order valence-electron chi connectivity index (χ4n) is 2.81. The van der Waals surface area contributed by atoms with Crippen LogP contribution in [0.2, 0.25) is 0 Å².